The summed E-state index contributed by atoms with van der Waals surface area (Å²) in [5.41, 5.74) is 5.16. The molecule has 2 aromatic heterocycles. The van der Waals surface area contributed by atoms with Crippen LogP contribution in [-0.4, -0.2) is 38.7 Å². The Bertz CT molecular complexity index is 1300. The summed E-state index contributed by atoms with van der Waals surface area (Å²) in [6.45, 7) is 0. The molecule has 154 valence electrons. The molecule has 0 spiro atoms. The summed E-state index contributed by atoms with van der Waals surface area (Å²) in [6, 6.07) is 15.3. The van der Waals surface area contributed by atoms with Gasteiger partial charge in [0, 0.05) is 42.1 Å². The van der Waals surface area contributed by atoms with Gasteiger partial charge in [0.05, 0.1) is 22.7 Å². The Hall–Kier alpha value is -3.17. The van der Waals surface area contributed by atoms with E-state index in [1.165, 1.54) is 0 Å². The lowest BCUT2D eigenvalue weighted by Gasteiger charge is -2.13. The predicted molar refractivity (Wildman–Crippen MR) is 125 cm³/mol. The molecule has 0 unspecified atom stereocenters. The quantitative estimate of drug-likeness (QED) is 0.459. The molecule has 0 aliphatic rings. The summed E-state index contributed by atoms with van der Waals surface area (Å²) in [5.74, 6) is 0.505. The zero-order valence-electron chi connectivity index (χ0n) is 16.7. The number of sulfonamides is 1. The fraction of sp³-hybridized carbons (Fsp3) is 0.143. The van der Waals surface area contributed by atoms with Gasteiger partial charge < -0.3 is 10.2 Å². The van der Waals surface area contributed by atoms with Gasteiger partial charge in [-0.05, 0) is 42.0 Å². The number of rotatable bonds is 6. The van der Waals surface area contributed by atoms with E-state index in [9.17, 15) is 8.42 Å². The van der Waals surface area contributed by atoms with Crippen LogP contribution in [0.4, 0.5) is 23.0 Å². The third kappa shape index (κ3) is 4.52. The van der Waals surface area contributed by atoms with Gasteiger partial charge in [-0.1, -0.05) is 12.1 Å². The summed E-state index contributed by atoms with van der Waals surface area (Å²) >= 11 is 1.55. The largest absolute Gasteiger partial charge is 0.378 e. The Morgan fingerprint density at radius 1 is 1.03 bits per heavy atom. The van der Waals surface area contributed by atoms with Gasteiger partial charge in [0.1, 0.15) is 0 Å². The van der Waals surface area contributed by atoms with Crippen molar-refractivity contribution in [1.82, 2.24) is 9.97 Å². The van der Waals surface area contributed by atoms with Crippen molar-refractivity contribution >= 4 is 54.6 Å². The van der Waals surface area contributed by atoms with E-state index in [2.05, 4.69) is 15.0 Å². The summed E-state index contributed by atoms with van der Waals surface area (Å²) in [7, 11) is 0.655. The topological polar surface area (TPSA) is 87.2 Å². The van der Waals surface area contributed by atoms with Crippen LogP contribution in [-0.2, 0) is 10.0 Å². The van der Waals surface area contributed by atoms with Gasteiger partial charge in [0.2, 0.25) is 16.0 Å². The van der Waals surface area contributed by atoms with Crippen LogP contribution >= 0.6 is 11.3 Å². The maximum atomic E-state index is 11.5. The fourth-order valence-corrected chi connectivity index (χ4v) is 4.46. The minimum atomic E-state index is -3.34. The first-order valence-electron chi connectivity index (χ1n) is 9.15. The molecule has 2 N–H and O–H groups in total. The first-order valence-corrected chi connectivity index (χ1v) is 11.9. The first kappa shape index (κ1) is 20.1. The van der Waals surface area contributed by atoms with Gasteiger partial charge in [-0.25, -0.2) is 18.4 Å². The molecule has 0 bridgehead atoms. The third-order valence-corrected chi connectivity index (χ3v) is 5.94. The van der Waals surface area contributed by atoms with Crippen molar-refractivity contribution in [3.63, 3.8) is 0 Å². The molecular formula is C21H21N5O2S2. The second-order valence-electron chi connectivity index (χ2n) is 7.08. The summed E-state index contributed by atoms with van der Waals surface area (Å²) in [4.78, 5) is 11.2. The third-order valence-electron chi connectivity index (χ3n) is 4.43. The monoisotopic (exact) mass is 439 g/mol. The molecule has 0 amide bonds. The van der Waals surface area contributed by atoms with E-state index in [0.29, 0.717) is 11.6 Å². The van der Waals surface area contributed by atoms with E-state index >= 15 is 0 Å². The van der Waals surface area contributed by atoms with Crippen molar-refractivity contribution in [1.29, 1.82) is 0 Å². The molecule has 0 aliphatic heterocycles. The predicted octanol–water partition coefficient (Wildman–Crippen LogP) is 4.54. The number of aromatic nitrogens is 2. The standard InChI is InChI=1S/C21H21N5O2S2/c1-26(2)17-9-7-15(8-10-17)23-21-22-12-19-20(24-21)18(13-29-19)14-5-4-6-16(11-14)25-30(3,27)28/h4-13,25H,1-3H3,(H,22,23,24). The molecule has 0 radical (unpaired) electrons. The molecule has 0 atom stereocenters. The number of hydrogen-bond acceptors (Lipinski definition) is 7. The maximum Gasteiger partial charge on any atom is 0.229 e. The Morgan fingerprint density at radius 2 is 1.80 bits per heavy atom. The van der Waals surface area contributed by atoms with Crippen LogP contribution in [0.1, 0.15) is 0 Å². The average molecular weight is 440 g/mol. The van der Waals surface area contributed by atoms with Crippen LogP contribution in [0.2, 0.25) is 0 Å². The van der Waals surface area contributed by atoms with Gasteiger partial charge in [-0.15, -0.1) is 11.3 Å². The van der Waals surface area contributed by atoms with Gasteiger partial charge >= 0.3 is 0 Å². The van der Waals surface area contributed by atoms with Crippen LogP contribution in [0.3, 0.4) is 0 Å². The van der Waals surface area contributed by atoms with Gasteiger partial charge in [-0.3, -0.25) is 4.72 Å². The lowest BCUT2D eigenvalue weighted by Crippen LogP contribution is -2.09. The number of fused-ring (bicyclic) bond motifs is 1. The van der Waals surface area contributed by atoms with Crippen molar-refractivity contribution in [3.05, 3.63) is 60.1 Å². The molecule has 2 aromatic carbocycles. The molecule has 9 heteroatoms. The van der Waals surface area contributed by atoms with Crippen molar-refractivity contribution in [2.45, 2.75) is 0 Å². The van der Waals surface area contributed by atoms with Crippen LogP contribution in [0.5, 0.6) is 0 Å². The molecule has 30 heavy (non-hydrogen) atoms. The highest BCUT2D eigenvalue weighted by atomic mass is 32.2. The number of anilines is 4. The zero-order valence-corrected chi connectivity index (χ0v) is 18.4. The minimum absolute atomic E-state index is 0.505. The number of hydrogen-bond donors (Lipinski definition) is 2. The Labute approximate surface area is 179 Å². The lowest BCUT2D eigenvalue weighted by molar-refractivity contribution is 0.607. The molecule has 0 saturated carbocycles. The number of nitrogens with zero attached hydrogens (tertiary/aromatic N) is 3. The normalized spacial score (nSPS) is 11.4. The fourth-order valence-electron chi connectivity index (χ4n) is 3.03. The second kappa shape index (κ2) is 7.92. The number of benzene rings is 2. The van der Waals surface area contributed by atoms with E-state index in [0.717, 1.165) is 39.0 Å². The highest BCUT2D eigenvalue weighted by Crippen LogP contribution is 2.34. The zero-order chi connectivity index (χ0) is 21.3. The van der Waals surface area contributed by atoms with Gasteiger partial charge in [0.25, 0.3) is 0 Å². The molecule has 7 nitrogen and oxygen atoms in total. The van der Waals surface area contributed by atoms with Crippen molar-refractivity contribution in [3.8, 4) is 11.1 Å². The van der Waals surface area contributed by atoms with E-state index in [-0.39, 0.29) is 0 Å². The number of thiophene rings is 1. The van der Waals surface area contributed by atoms with Crippen molar-refractivity contribution in [2.24, 2.45) is 0 Å². The molecule has 0 aliphatic carbocycles. The molecular weight excluding hydrogens is 418 g/mol. The van der Waals surface area contributed by atoms with Gasteiger partial charge in [0.15, 0.2) is 0 Å². The highest BCUT2D eigenvalue weighted by Gasteiger charge is 2.12. The molecule has 4 aromatic rings. The van der Waals surface area contributed by atoms with Crippen LogP contribution in [0.25, 0.3) is 21.3 Å². The summed E-state index contributed by atoms with van der Waals surface area (Å²) < 4.78 is 26.6. The summed E-state index contributed by atoms with van der Waals surface area (Å²) in [6.07, 6.45) is 2.93. The van der Waals surface area contributed by atoms with Crippen molar-refractivity contribution in [2.75, 3.05) is 35.3 Å². The van der Waals surface area contributed by atoms with Crippen LogP contribution < -0.4 is 14.9 Å². The lowest BCUT2D eigenvalue weighted by atomic mass is 10.1. The smallest absolute Gasteiger partial charge is 0.229 e. The summed E-state index contributed by atoms with van der Waals surface area (Å²) in [5, 5.41) is 5.25. The average Bonchev–Trinajstić information content (AvgIpc) is 3.10. The molecule has 0 saturated heterocycles. The Kier molecular flexibility index (Phi) is 5.31. The molecule has 0 fully saturated rings. The SMILES string of the molecule is CN(C)c1ccc(Nc2ncc3scc(-c4cccc(NS(C)(=O)=O)c4)c3n2)cc1. The Balaban J connectivity index is 1.66. The molecule has 2 heterocycles. The van der Waals surface area contributed by atoms with Crippen LogP contribution in [0, 0.1) is 0 Å². The first-order chi connectivity index (χ1) is 14.3. The van der Waals surface area contributed by atoms with E-state index in [1.54, 1.807) is 29.7 Å². The maximum absolute atomic E-state index is 11.5. The minimum Gasteiger partial charge on any atom is -0.378 e. The second-order valence-corrected chi connectivity index (χ2v) is 9.74. The Morgan fingerprint density at radius 3 is 2.50 bits per heavy atom. The number of nitrogens with one attached hydrogen (secondary N) is 2. The van der Waals surface area contributed by atoms with Crippen LogP contribution in [0.15, 0.2) is 60.1 Å². The van der Waals surface area contributed by atoms with Gasteiger partial charge in [-0.2, -0.15) is 0 Å². The van der Waals surface area contributed by atoms with E-state index < -0.39 is 10.0 Å². The highest BCUT2D eigenvalue weighted by molar-refractivity contribution is 7.92. The van der Waals surface area contributed by atoms with E-state index in [1.807, 2.05) is 60.8 Å². The van der Waals surface area contributed by atoms with E-state index in [4.69, 9.17) is 4.98 Å². The molecule has 4 rings (SSSR count). The van der Waals surface area contributed by atoms with Crippen molar-refractivity contribution < 1.29 is 8.42 Å².